The van der Waals surface area contributed by atoms with E-state index in [1.807, 2.05) is 31.0 Å². The highest BCUT2D eigenvalue weighted by atomic mass is 16.4. The summed E-state index contributed by atoms with van der Waals surface area (Å²) in [5.41, 5.74) is 1.04. The predicted molar refractivity (Wildman–Crippen MR) is 82.7 cm³/mol. The maximum absolute atomic E-state index is 12.7. The van der Waals surface area contributed by atoms with Gasteiger partial charge >= 0.3 is 0 Å². The third kappa shape index (κ3) is 2.66. The van der Waals surface area contributed by atoms with Crippen LogP contribution in [-0.4, -0.2) is 52.4 Å². The Balaban J connectivity index is 1.78. The molecule has 22 heavy (non-hydrogen) atoms. The number of carbonyl (C=O) groups excluding carboxylic acids is 1. The van der Waals surface area contributed by atoms with Gasteiger partial charge in [0.05, 0.1) is 6.04 Å². The van der Waals surface area contributed by atoms with Crippen molar-refractivity contribution in [1.82, 2.24) is 19.8 Å². The molecule has 3 rings (SSSR count). The van der Waals surface area contributed by atoms with Gasteiger partial charge in [0.1, 0.15) is 11.6 Å². The number of hydrogen-bond acceptors (Lipinski definition) is 4. The van der Waals surface area contributed by atoms with Gasteiger partial charge in [-0.25, -0.2) is 4.98 Å². The van der Waals surface area contributed by atoms with Crippen LogP contribution in [0, 0.1) is 6.92 Å². The molecular formula is C16H22N4O2. The number of aromatic amines is 1. The Morgan fingerprint density at radius 3 is 2.95 bits per heavy atom. The first kappa shape index (κ1) is 14.8. The summed E-state index contributed by atoms with van der Waals surface area (Å²) in [4.78, 5) is 24.2. The first-order chi connectivity index (χ1) is 10.6. The number of furan rings is 1. The summed E-state index contributed by atoms with van der Waals surface area (Å²) in [5, 5.41) is 0. The Kier molecular flexibility index (Phi) is 4.02. The Labute approximate surface area is 130 Å². The fourth-order valence-electron chi connectivity index (χ4n) is 2.95. The number of aryl methyl sites for hydroxylation is 2. The van der Waals surface area contributed by atoms with Crippen molar-refractivity contribution in [2.75, 3.05) is 26.7 Å². The molecule has 1 N–H and O–H groups in total. The highest BCUT2D eigenvalue weighted by Crippen LogP contribution is 2.23. The molecule has 0 aliphatic carbocycles. The van der Waals surface area contributed by atoms with Crippen molar-refractivity contribution in [3.63, 3.8) is 0 Å². The van der Waals surface area contributed by atoms with E-state index in [4.69, 9.17) is 4.42 Å². The van der Waals surface area contributed by atoms with Crippen LogP contribution in [0.15, 0.2) is 22.9 Å². The standard InChI is InChI=1S/C16H22N4O2/c1-4-13-11(2)9-14(22-13)16(21)20-8-7-19(3)12(10-20)15-17-5-6-18-15/h5-6,9,12H,4,7-8,10H2,1-3H3,(H,17,18). The number of likely N-dealkylation sites (N-methyl/N-ethyl adjacent to an activating group) is 1. The van der Waals surface area contributed by atoms with E-state index >= 15 is 0 Å². The normalized spacial score (nSPS) is 19.6. The molecule has 1 unspecified atom stereocenters. The molecule has 1 aliphatic heterocycles. The molecule has 6 heteroatoms. The van der Waals surface area contributed by atoms with Crippen molar-refractivity contribution < 1.29 is 9.21 Å². The number of aromatic nitrogens is 2. The Morgan fingerprint density at radius 1 is 1.50 bits per heavy atom. The largest absolute Gasteiger partial charge is 0.456 e. The molecule has 2 aromatic rings. The second kappa shape index (κ2) is 5.96. The summed E-state index contributed by atoms with van der Waals surface area (Å²) in [7, 11) is 2.06. The van der Waals surface area contributed by atoms with Crippen molar-refractivity contribution in [1.29, 1.82) is 0 Å². The van der Waals surface area contributed by atoms with Gasteiger partial charge in [-0.3, -0.25) is 9.69 Å². The van der Waals surface area contributed by atoms with Crippen LogP contribution in [0.1, 0.15) is 40.7 Å². The summed E-state index contributed by atoms with van der Waals surface area (Å²) in [5.74, 6) is 2.19. The lowest BCUT2D eigenvalue weighted by molar-refractivity contribution is 0.0504. The molecule has 6 nitrogen and oxygen atoms in total. The fraction of sp³-hybridized carbons (Fsp3) is 0.500. The number of carbonyl (C=O) groups is 1. The Hall–Kier alpha value is -2.08. The number of piperazine rings is 1. The van der Waals surface area contributed by atoms with E-state index < -0.39 is 0 Å². The van der Waals surface area contributed by atoms with Crippen LogP contribution in [-0.2, 0) is 6.42 Å². The highest BCUT2D eigenvalue weighted by molar-refractivity contribution is 5.92. The molecule has 118 valence electrons. The maximum Gasteiger partial charge on any atom is 0.289 e. The lowest BCUT2D eigenvalue weighted by atomic mass is 10.1. The van der Waals surface area contributed by atoms with E-state index in [2.05, 4.69) is 21.9 Å². The van der Waals surface area contributed by atoms with Gasteiger partial charge in [-0.05, 0) is 25.6 Å². The van der Waals surface area contributed by atoms with Crippen molar-refractivity contribution >= 4 is 5.91 Å². The van der Waals surface area contributed by atoms with Crippen LogP contribution in [0.25, 0.3) is 0 Å². The SMILES string of the molecule is CCc1oc(C(=O)N2CCN(C)C(c3ncc[nH]3)C2)cc1C. The third-order valence-electron chi connectivity index (χ3n) is 4.32. The van der Waals surface area contributed by atoms with E-state index in [9.17, 15) is 4.79 Å². The topological polar surface area (TPSA) is 65.4 Å². The summed E-state index contributed by atoms with van der Waals surface area (Å²) >= 11 is 0. The fourth-order valence-corrected chi connectivity index (χ4v) is 2.95. The molecule has 1 saturated heterocycles. The average Bonchev–Trinajstić information content (AvgIpc) is 3.16. The van der Waals surface area contributed by atoms with Crippen LogP contribution in [0.2, 0.25) is 0 Å². The lowest BCUT2D eigenvalue weighted by Crippen LogP contribution is -2.49. The monoisotopic (exact) mass is 302 g/mol. The third-order valence-corrected chi connectivity index (χ3v) is 4.32. The van der Waals surface area contributed by atoms with E-state index in [-0.39, 0.29) is 11.9 Å². The van der Waals surface area contributed by atoms with E-state index in [1.165, 1.54) is 0 Å². The molecule has 1 atom stereocenters. The first-order valence-electron chi connectivity index (χ1n) is 7.68. The van der Waals surface area contributed by atoms with E-state index in [0.29, 0.717) is 18.8 Å². The van der Waals surface area contributed by atoms with Crippen molar-refractivity contribution in [3.05, 3.63) is 41.4 Å². The maximum atomic E-state index is 12.7. The zero-order valence-corrected chi connectivity index (χ0v) is 13.3. The van der Waals surface area contributed by atoms with Crippen LogP contribution < -0.4 is 0 Å². The molecule has 0 radical (unpaired) electrons. The Bertz CT molecular complexity index is 647. The molecule has 0 saturated carbocycles. The predicted octanol–water partition coefficient (Wildman–Crippen LogP) is 2.00. The molecule has 1 fully saturated rings. The number of amides is 1. The second-order valence-corrected chi connectivity index (χ2v) is 5.79. The van der Waals surface area contributed by atoms with Gasteiger partial charge < -0.3 is 14.3 Å². The molecule has 2 aromatic heterocycles. The van der Waals surface area contributed by atoms with Crippen LogP contribution in [0.3, 0.4) is 0 Å². The number of hydrogen-bond donors (Lipinski definition) is 1. The highest BCUT2D eigenvalue weighted by Gasteiger charge is 2.31. The summed E-state index contributed by atoms with van der Waals surface area (Å²) in [6.07, 6.45) is 4.36. The zero-order chi connectivity index (χ0) is 15.7. The lowest BCUT2D eigenvalue weighted by Gasteiger charge is -2.38. The molecule has 1 amide bonds. The summed E-state index contributed by atoms with van der Waals surface area (Å²) < 4.78 is 5.70. The van der Waals surface area contributed by atoms with Crippen LogP contribution >= 0.6 is 0 Å². The number of rotatable bonds is 3. The molecular weight excluding hydrogens is 280 g/mol. The minimum absolute atomic E-state index is 0.0348. The molecule has 1 aliphatic rings. The van der Waals surface area contributed by atoms with Gasteiger partial charge in [-0.15, -0.1) is 0 Å². The van der Waals surface area contributed by atoms with E-state index in [1.54, 1.807) is 6.20 Å². The zero-order valence-electron chi connectivity index (χ0n) is 13.3. The second-order valence-electron chi connectivity index (χ2n) is 5.79. The minimum atomic E-state index is -0.0348. The molecule has 0 bridgehead atoms. The number of H-pyrrole nitrogens is 1. The van der Waals surface area contributed by atoms with Gasteiger partial charge in [0.2, 0.25) is 0 Å². The van der Waals surface area contributed by atoms with Crippen molar-refractivity contribution in [2.24, 2.45) is 0 Å². The number of imidazole rings is 1. The minimum Gasteiger partial charge on any atom is -0.456 e. The average molecular weight is 302 g/mol. The van der Waals surface area contributed by atoms with Gasteiger partial charge in [-0.1, -0.05) is 6.92 Å². The van der Waals surface area contributed by atoms with Gasteiger partial charge in [-0.2, -0.15) is 0 Å². The molecule has 0 spiro atoms. The van der Waals surface area contributed by atoms with Crippen LogP contribution in [0.4, 0.5) is 0 Å². The van der Waals surface area contributed by atoms with Crippen LogP contribution in [0.5, 0.6) is 0 Å². The molecule has 3 heterocycles. The smallest absolute Gasteiger partial charge is 0.289 e. The van der Waals surface area contributed by atoms with Gasteiger partial charge in [0.25, 0.3) is 5.91 Å². The number of nitrogens with one attached hydrogen (secondary N) is 1. The van der Waals surface area contributed by atoms with Gasteiger partial charge in [0.15, 0.2) is 5.76 Å². The van der Waals surface area contributed by atoms with Crippen molar-refractivity contribution in [2.45, 2.75) is 26.3 Å². The summed E-state index contributed by atoms with van der Waals surface area (Å²) in [6, 6.07) is 1.94. The Morgan fingerprint density at radius 2 is 2.32 bits per heavy atom. The first-order valence-corrected chi connectivity index (χ1v) is 7.68. The summed E-state index contributed by atoms with van der Waals surface area (Å²) in [6.45, 7) is 6.15. The molecule has 0 aromatic carbocycles. The quantitative estimate of drug-likeness (QED) is 0.942. The van der Waals surface area contributed by atoms with Crippen molar-refractivity contribution in [3.8, 4) is 0 Å². The van der Waals surface area contributed by atoms with E-state index in [0.717, 1.165) is 30.1 Å². The van der Waals surface area contributed by atoms with Gasteiger partial charge in [0, 0.05) is 38.4 Å². The number of nitrogens with zero attached hydrogens (tertiary/aromatic N) is 3.